The van der Waals surface area contributed by atoms with E-state index in [1.165, 1.54) is 24.3 Å². The summed E-state index contributed by atoms with van der Waals surface area (Å²) in [4.78, 5) is 7.49. The van der Waals surface area contributed by atoms with Gasteiger partial charge in [0.15, 0.2) is 23.1 Å². The Morgan fingerprint density at radius 3 is 2.41 bits per heavy atom. The molecule has 8 heteroatoms. The van der Waals surface area contributed by atoms with Crippen LogP contribution in [0.25, 0.3) is 4.85 Å². The number of hydrogen-bond donors (Lipinski definition) is 3. The summed E-state index contributed by atoms with van der Waals surface area (Å²) in [5, 5.41) is 11.8. The molecule has 1 aromatic heterocycles. The molecule has 0 atom stereocenters. The topological polar surface area (TPSA) is 84.8 Å². The van der Waals surface area contributed by atoms with E-state index in [1.54, 1.807) is 24.3 Å². The van der Waals surface area contributed by atoms with Crippen LogP contribution in [0.3, 0.4) is 0 Å². The standard InChI is InChI=1S/C21H18F2N4O2/c1-25-14-4-6-15(7-5-14)26-21-18(24)8-9-19(27-21)29-20-16(22)11-13(3-2-10-28)12-17(20)23/h4-9,11-12,28H,2-3,10,24H2,(H,26,27). The van der Waals surface area contributed by atoms with Gasteiger partial charge in [-0.3, -0.25) is 0 Å². The number of nitrogens with one attached hydrogen (secondary N) is 1. The highest BCUT2D eigenvalue weighted by Gasteiger charge is 2.15. The number of nitrogens with zero attached hydrogens (tertiary/aromatic N) is 2. The van der Waals surface area contributed by atoms with E-state index < -0.39 is 17.4 Å². The van der Waals surface area contributed by atoms with Gasteiger partial charge in [-0.15, -0.1) is 0 Å². The highest BCUT2D eigenvalue weighted by atomic mass is 19.1. The van der Waals surface area contributed by atoms with E-state index in [9.17, 15) is 8.78 Å². The SMILES string of the molecule is [C-]#[N+]c1ccc(Nc2nc(Oc3c(F)cc(CCCO)cc3F)ccc2N)cc1. The second kappa shape index (κ2) is 8.99. The van der Waals surface area contributed by atoms with Gasteiger partial charge >= 0.3 is 0 Å². The first-order valence-electron chi connectivity index (χ1n) is 8.78. The molecule has 3 rings (SSSR count). The first-order valence-corrected chi connectivity index (χ1v) is 8.78. The molecule has 0 aliphatic rings. The zero-order chi connectivity index (χ0) is 20.8. The van der Waals surface area contributed by atoms with Gasteiger partial charge in [-0.05, 0) is 48.7 Å². The molecule has 148 valence electrons. The van der Waals surface area contributed by atoms with Gasteiger partial charge in [0.1, 0.15) is 0 Å². The summed E-state index contributed by atoms with van der Waals surface area (Å²) in [5.41, 5.74) is 7.78. The lowest BCUT2D eigenvalue weighted by Crippen LogP contribution is -2.02. The van der Waals surface area contributed by atoms with Crippen LogP contribution in [-0.4, -0.2) is 16.7 Å². The number of aliphatic hydroxyl groups is 1. The molecule has 0 saturated carbocycles. The fourth-order valence-electron chi connectivity index (χ4n) is 2.61. The number of aliphatic hydroxyl groups excluding tert-OH is 1. The van der Waals surface area contributed by atoms with Gasteiger partial charge in [-0.25, -0.2) is 13.6 Å². The number of hydrogen-bond acceptors (Lipinski definition) is 5. The molecule has 0 spiro atoms. The van der Waals surface area contributed by atoms with Gasteiger partial charge in [-0.1, -0.05) is 12.1 Å². The molecule has 3 aromatic rings. The minimum Gasteiger partial charge on any atom is -0.433 e. The van der Waals surface area contributed by atoms with Crippen LogP contribution in [0, 0.1) is 18.2 Å². The number of benzene rings is 2. The molecule has 0 radical (unpaired) electrons. The molecular weight excluding hydrogens is 378 g/mol. The Balaban J connectivity index is 1.81. The molecule has 1 heterocycles. The molecule has 2 aromatic carbocycles. The van der Waals surface area contributed by atoms with E-state index in [0.717, 1.165) is 0 Å². The van der Waals surface area contributed by atoms with Gasteiger partial charge in [-0.2, -0.15) is 4.98 Å². The molecule has 0 aliphatic heterocycles. The number of aromatic nitrogens is 1. The van der Waals surface area contributed by atoms with E-state index in [2.05, 4.69) is 15.1 Å². The number of aryl methyl sites for hydroxylation is 1. The summed E-state index contributed by atoms with van der Waals surface area (Å²) in [6, 6.07) is 11.9. The van der Waals surface area contributed by atoms with Crippen molar-refractivity contribution in [3.05, 3.63) is 77.1 Å². The minimum absolute atomic E-state index is 0.0413. The normalized spacial score (nSPS) is 10.4. The summed E-state index contributed by atoms with van der Waals surface area (Å²) in [6.45, 7) is 6.91. The maximum atomic E-state index is 14.3. The third-order valence-electron chi connectivity index (χ3n) is 4.05. The molecule has 0 bridgehead atoms. The van der Waals surface area contributed by atoms with Crippen molar-refractivity contribution in [2.75, 3.05) is 17.7 Å². The molecule has 29 heavy (non-hydrogen) atoms. The second-order valence-corrected chi connectivity index (χ2v) is 6.19. The molecule has 0 saturated heterocycles. The number of nitrogens with two attached hydrogens (primary N) is 1. The smallest absolute Gasteiger partial charge is 0.221 e. The van der Waals surface area contributed by atoms with Gasteiger partial charge in [0, 0.05) is 18.4 Å². The van der Waals surface area contributed by atoms with Gasteiger partial charge in [0.25, 0.3) is 0 Å². The number of pyridine rings is 1. The summed E-state index contributed by atoms with van der Waals surface area (Å²) < 4.78 is 33.9. The van der Waals surface area contributed by atoms with Crippen LogP contribution in [0.15, 0.2) is 48.5 Å². The van der Waals surface area contributed by atoms with Crippen LogP contribution in [0.5, 0.6) is 11.6 Å². The zero-order valence-corrected chi connectivity index (χ0v) is 15.3. The Morgan fingerprint density at radius 2 is 1.79 bits per heavy atom. The molecule has 6 nitrogen and oxygen atoms in total. The van der Waals surface area contributed by atoms with E-state index in [4.69, 9.17) is 22.1 Å². The van der Waals surface area contributed by atoms with E-state index >= 15 is 0 Å². The predicted molar refractivity (Wildman–Crippen MR) is 106 cm³/mol. The molecular formula is C21H18F2N4O2. The van der Waals surface area contributed by atoms with Crippen LogP contribution in [0.2, 0.25) is 0 Å². The highest BCUT2D eigenvalue weighted by molar-refractivity contribution is 5.70. The van der Waals surface area contributed by atoms with Crippen molar-refractivity contribution in [3.63, 3.8) is 0 Å². The summed E-state index contributed by atoms with van der Waals surface area (Å²) >= 11 is 0. The van der Waals surface area contributed by atoms with Crippen molar-refractivity contribution < 1.29 is 18.6 Å². The van der Waals surface area contributed by atoms with Crippen molar-refractivity contribution in [3.8, 4) is 11.6 Å². The number of rotatable bonds is 7. The van der Waals surface area contributed by atoms with Crippen LogP contribution < -0.4 is 15.8 Å². The number of halogens is 2. The fraction of sp³-hybridized carbons (Fsp3) is 0.143. The van der Waals surface area contributed by atoms with Crippen molar-refractivity contribution in [1.29, 1.82) is 0 Å². The molecule has 0 amide bonds. The van der Waals surface area contributed by atoms with Crippen LogP contribution >= 0.6 is 0 Å². The number of nitrogen functional groups attached to an aromatic ring is 1. The maximum absolute atomic E-state index is 14.3. The Hall–Kier alpha value is -3.70. The van der Waals surface area contributed by atoms with Crippen molar-refractivity contribution in [2.45, 2.75) is 12.8 Å². The van der Waals surface area contributed by atoms with E-state index in [0.29, 0.717) is 35.5 Å². The lowest BCUT2D eigenvalue weighted by Gasteiger charge is -2.12. The van der Waals surface area contributed by atoms with Crippen LogP contribution in [-0.2, 0) is 6.42 Å². The lowest BCUT2D eigenvalue weighted by atomic mass is 10.1. The van der Waals surface area contributed by atoms with Crippen molar-refractivity contribution in [1.82, 2.24) is 4.98 Å². The zero-order valence-electron chi connectivity index (χ0n) is 15.3. The average molecular weight is 396 g/mol. The Bertz CT molecular complexity index is 1030. The lowest BCUT2D eigenvalue weighted by molar-refractivity contribution is 0.288. The Kier molecular flexibility index (Phi) is 6.22. The summed E-state index contributed by atoms with van der Waals surface area (Å²) in [5.74, 6) is -2.08. The number of anilines is 3. The number of ether oxygens (including phenoxy) is 1. The third-order valence-corrected chi connectivity index (χ3v) is 4.05. The molecule has 0 aliphatic carbocycles. The predicted octanol–water partition coefficient (Wildman–Crippen LogP) is 4.95. The fourth-order valence-corrected chi connectivity index (χ4v) is 2.61. The average Bonchev–Trinajstić information content (AvgIpc) is 2.72. The quantitative estimate of drug-likeness (QED) is 0.492. The Morgan fingerprint density at radius 1 is 1.10 bits per heavy atom. The van der Waals surface area contributed by atoms with Crippen LogP contribution in [0.1, 0.15) is 12.0 Å². The molecule has 0 unspecified atom stereocenters. The summed E-state index contributed by atoms with van der Waals surface area (Å²) in [7, 11) is 0. The first-order chi connectivity index (χ1) is 14.0. The Labute approximate surface area is 166 Å². The van der Waals surface area contributed by atoms with Gasteiger partial charge in [0.05, 0.1) is 12.3 Å². The van der Waals surface area contributed by atoms with Gasteiger partial charge < -0.3 is 20.9 Å². The summed E-state index contributed by atoms with van der Waals surface area (Å²) in [6.07, 6.45) is 0.760. The minimum atomic E-state index is -0.860. The van der Waals surface area contributed by atoms with Crippen molar-refractivity contribution >= 4 is 22.9 Å². The molecule has 4 N–H and O–H groups in total. The monoisotopic (exact) mass is 396 g/mol. The van der Waals surface area contributed by atoms with E-state index in [-0.39, 0.29) is 18.3 Å². The van der Waals surface area contributed by atoms with E-state index in [1.807, 2.05) is 0 Å². The second-order valence-electron chi connectivity index (χ2n) is 6.19. The maximum Gasteiger partial charge on any atom is 0.221 e. The largest absolute Gasteiger partial charge is 0.433 e. The van der Waals surface area contributed by atoms with Crippen LogP contribution in [0.4, 0.5) is 31.7 Å². The van der Waals surface area contributed by atoms with Gasteiger partial charge in [0.2, 0.25) is 11.6 Å². The van der Waals surface area contributed by atoms with Crippen molar-refractivity contribution in [2.24, 2.45) is 0 Å². The highest BCUT2D eigenvalue weighted by Crippen LogP contribution is 2.31. The molecule has 0 fully saturated rings. The third kappa shape index (κ3) is 4.97. The first kappa shape index (κ1) is 20.0.